The van der Waals surface area contributed by atoms with Gasteiger partial charge < -0.3 is 35.7 Å². The summed E-state index contributed by atoms with van der Waals surface area (Å²) in [4.78, 5) is 58.5. The largest absolute Gasteiger partial charge is 0.496 e. The summed E-state index contributed by atoms with van der Waals surface area (Å²) >= 11 is 0. The van der Waals surface area contributed by atoms with Gasteiger partial charge in [-0.05, 0) is 73.5 Å². The Hall–Kier alpha value is -3.69. The summed E-state index contributed by atoms with van der Waals surface area (Å²) in [5.74, 6) is -2.33. The number of amides is 4. The number of rotatable bonds is 11. The number of aliphatic hydroxyl groups excluding tert-OH is 1. The standard InChI is InChI=1S/C31H41N5O9S/c1-31(2)18-14-36(25(23(18)31)28(39)34-21(30(41)46(42,43)44)12-16-6-5-11-32-26(16)37)29(40)24(15-9-10-15)35-27(38)20-13-17-19(33-20)7-4-8-22(17)45-3/h4,7-8,13,15-16,18,21,23-25,30,33,41H,5-6,9-12,14H2,1-3H3,(H,32,37)(H,34,39)(H,35,38)(H,42,43,44)/t16-,18-,21-,23-,24-,25-,30?/m0/s1. The lowest BCUT2D eigenvalue weighted by molar-refractivity contribution is -0.142. The number of likely N-dealkylation sites (tertiary alicyclic amines) is 1. The molecule has 250 valence electrons. The first-order valence-electron chi connectivity index (χ1n) is 15.7. The second-order valence-corrected chi connectivity index (χ2v) is 15.2. The Morgan fingerprint density at radius 2 is 1.91 bits per heavy atom. The number of carbonyl (C=O) groups excluding carboxylic acids is 4. The van der Waals surface area contributed by atoms with Crippen molar-refractivity contribution in [3.8, 4) is 5.75 Å². The third-order valence-corrected chi connectivity index (χ3v) is 11.3. The second kappa shape index (κ2) is 11.8. The lowest BCUT2D eigenvalue weighted by Gasteiger charge is -2.35. The van der Waals surface area contributed by atoms with Crippen molar-refractivity contribution in [2.45, 2.75) is 69.5 Å². The number of carbonyl (C=O) groups is 4. The number of methoxy groups -OCH3 is 1. The molecule has 4 fully saturated rings. The van der Waals surface area contributed by atoms with Gasteiger partial charge in [0.15, 0.2) is 0 Å². The van der Waals surface area contributed by atoms with E-state index in [1.54, 1.807) is 18.2 Å². The topological polar surface area (TPSA) is 207 Å². The third-order valence-electron chi connectivity index (χ3n) is 10.4. The number of fused-ring (bicyclic) bond motifs is 2. The third kappa shape index (κ3) is 5.95. The molecule has 7 atom stereocenters. The molecule has 15 heteroatoms. The maximum Gasteiger partial charge on any atom is 0.294 e. The van der Waals surface area contributed by atoms with E-state index in [0.29, 0.717) is 30.7 Å². The number of nitrogens with zero attached hydrogens (tertiary/aromatic N) is 1. The Labute approximate surface area is 266 Å². The van der Waals surface area contributed by atoms with Gasteiger partial charge in [0.1, 0.15) is 23.5 Å². The molecule has 0 radical (unpaired) electrons. The molecule has 2 aromatic rings. The van der Waals surface area contributed by atoms with Gasteiger partial charge in [-0.2, -0.15) is 8.42 Å². The van der Waals surface area contributed by atoms with Crippen LogP contribution in [-0.4, -0.2) is 95.4 Å². The molecular formula is C31H41N5O9S. The van der Waals surface area contributed by atoms with Crippen LogP contribution in [0.3, 0.4) is 0 Å². The minimum Gasteiger partial charge on any atom is -0.496 e. The number of hydrogen-bond donors (Lipinski definition) is 6. The van der Waals surface area contributed by atoms with Gasteiger partial charge in [-0.25, -0.2) is 0 Å². The van der Waals surface area contributed by atoms with Crippen LogP contribution in [0.2, 0.25) is 0 Å². The Bertz CT molecular complexity index is 1670. The van der Waals surface area contributed by atoms with Gasteiger partial charge in [-0.15, -0.1) is 0 Å². The number of aromatic nitrogens is 1. The molecule has 4 amide bonds. The fourth-order valence-electron chi connectivity index (χ4n) is 7.54. The number of aliphatic hydroxyl groups is 1. The van der Waals surface area contributed by atoms with Crippen LogP contribution in [0.25, 0.3) is 10.9 Å². The number of hydrogen-bond acceptors (Lipinski definition) is 8. The number of H-pyrrole nitrogens is 1. The van der Waals surface area contributed by atoms with Crippen LogP contribution in [0.15, 0.2) is 24.3 Å². The van der Waals surface area contributed by atoms with E-state index in [1.807, 2.05) is 19.9 Å². The van der Waals surface area contributed by atoms with Gasteiger partial charge in [0.2, 0.25) is 23.2 Å². The van der Waals surface area contributed by atoms with Crippen LogP contribution in [0.5, 0.6) is 5.75 Å². The summed E-state index contributed by atoms with van der Waals surface area (Å²) < 4.78 is 39.0. The van der Waals surface area contributed by atoms with Gasteiger partial charge in [-0.3, -0.25) is 23.7 Å². The zero-order valence-electron chi connectivity index (χ0n) is 26.0. The predicted octanol–water partition coefficient (Wildman–Crippen LogP) is 0.775. The van der Waals surface area contributed by atoms with E-state index in [2.05, 4.69) is 20.9 Å². The molecule has 2 aliphatic heterocycles. The SMILES string of the molecule is COc1cccc2[nH]c(C(=O)N[C@H](C(=O)N3C[C@H]4[C@@H]([C@H]3C(=O)N[C@@H](C[C@@H]3CCCNC3=O)C(O)S(=O)(=O)O)C4(C)C)C3CC3)cc12. The molecular weight excluding hydrogens is 618 g/mol. The average molecular weight is 660 g/mol. The van der Waals surface area contributed by atoms with Crippen LogP contribution in [0, 0.1) is 29.1 Å². The first-order valence-corrected chi connectivity index (χ1v) is 17.2. The van der Waals surface area contributed by atoms with Crippen molar-refractivity contribution in [1.29, 1.82) is 0 Å². The summed E-state index contributed by atoms with van der Waals surface area (Å²) in [7, 11) is -3.46. The number of aromatic amines is 1. The molecule has 1 aromatic carbocycles. The normalized spacial score (nSPS) is 27.2. The monoisotopic (exact) mass is 659 g/mol. The van der Waals surface area contributed by atoms with E-state index in [4.69, 9.17) is 4.74 Å². The van der Waals surface area contributed by atoms with E-state index >= 15 is 0 Å². The molecule has 6 rings (SSSR count). The van der Waals surface area contributed by atoms with Gasteiger partial charge >= 0.3 is 0 Å². The van der Waals surface area contributed by atoms with Crippen LogP contribution in [0.4, 0.5) is 0 Å². The van der Waals surface area contributed by atoms with E-state index in [9.17, 15) is 37.3 Å². The highest BCUT2D eigenvalue weighted by Crippen LogP contribution is 2.65. The number of nitrogens with one attached hydrogen (secondary N) is 4. The maximum atomic E-state index is 14.2. The van der Waals surface area contributed by atoms with Crippen molar-refractivity contribution in [2.75, 3.05) is 20.2 Å². The van der Waals surface area contributed by atoms with Gasteiger partial charge in [0.05, 0.1) is 13.2 Å². The molecule has 0 spiro atoms. The van der Waals surface area contributed by atoms with Gasteiger partial charge in [-0.1, -0.05) is 19.9 Å². The molecule has 3 heterocycles. The molecule has 1 aromatic heterocycles. The number of ether oxygens (including phenoxy) is 1. The Balaban J connectivity index is 1.22. The van der Waals surface area contributed by atoms with E-state index < -0.39 is 57.3 Å². The fourth-order valence-corrected chi connectivity index (χ4v) is 8.13. The molecule has 4 aliphatic rings. The minimum absolute atomic E-state index is 0.00186. The first kappa shape index (κ1) is 32.3. The Kier molecular flexibility index (Phi) is 8.30. The summed E-state index contributed by atoms with van der Waals surface area (Å²) in [6.07, 6.45) is 2.31. The zero-order chi connectivity index (χ0) is 33.1. The highest BCUT2D eigenvalue weighted by atomic mass is 32.2. The summed E-state index contributed by atoms with van der Waals surface area (Å²) in [5.41, 5.74) is -1.69. The van der Waals surface area contributed by atoms with Crippen LogP contribution >= 0.6 is 0 Å². The predicted molar refractivity (Wildman–Crippen MR) is 165 cm³/mol. The molecule has 46 heavy (non-hydrogen) atoms. The Morgan fingerprint density at radius 1 is 1.17 bits per heavy atom. The van der Waals surface area contributed by atoms with E-state index in [0.717, 1.165) is 18.2 Å². The van der Waals surface area contributed by atoms with Gasteiger partial charge in [0.25, 0.3) is 16.0 Å². The molecule has 6 N–H and O–H groups in total. The quantitative estimate of drug-likeness (QED) is 0.188. The van der Waals surface area contributed by atoms with Crippen molar-refractivity contribution < 1.29 is 42.0 Å². The highest BCUT2D eigenvalue weighted by molar-refractivity contribution is 7.86. The molecule has 1 unspecified atom stereocenters. The van der Waals surface area contributed by atoms with Crippen molar-refractivity contribution in [3.63, 3.8) is 0 Å². The summed E-state index contributed by atoms with van der Waals surface area (Å²) in [6, 6.07) is 3.67. The molecule has 14 nitrogen and oxygen atoms in total. The molecule has 0 bridgehead atoms. The molecule has 2 saturated heterocycles. The van der Waals surface area contributed by atoms with Crippen molar-refractivity contribution in [3.05, 3.63) is 30.0 Å². The van der Waals surface area contributed by atoms with Crippen LogP contribution < -0.4 is 20.7 Å². The minimum atomic E-state index is -5.00. The smallest absolute Gasteiger partial charge is 0.294 e. The lowest BCUT2D eigenvalue weighted by Crippen LogP contribution is -2.59. The van der Waals surface area contributed by atoms with Crippen LogP contribution in [-0.2, 0) is 24.5 Å². The lowest BCUT2D eigenvalue weighted by atomic mass is 9.91. The Morgan fingerprint density at radius 3 is 2.57 bits per heavy atom. The maximum absolute atomic E-state index is 14.2. The van der Waals surface area contributed by atoms with Crippen molar-refractivity contribution >= 4 is 44.6 Å². The fraction of sp³-hybridized carbons (Fsp3) is 0.613. The van der Waals surface area contributed by atoms with Crippen molar-refractivity contribution in [1.82, 2.24) is 25.8 Å². The van der Waals surface area contributed by atoms with Crippen molar-refractivity contribution in [2.24, 2.45) is 29.1 Å². The van der Waals surface area contributed by atoms with Crippen LogP contribution in [0.1, 0.15) is 56.4 Å². The number of piperidine rings is 2. The highest BCUT2D eigenvalue weighted by Gasteiger charge is 2.70. The first-order chi connectivity index (χ1) is 21.7. The van der Waals surface area contributed by atoms with E-state index in [-0.39, 0.29) is 47.7 Å². The van der Waals surface area contributed by atoms with Gasteiger partial charge in [0, 0.05) is 29.9 Å². The van der Waals surface area contributed by atoms with E-state index in [1.165, 1.54) is 12.0 Å². The molecule has 2 aliphatic carbocycles. The summed E-state index contributed by atoms with van der Waals surface area (Å²) in [6.45, 7) is 4.72. The zero-order valence-corrected chi connectivity index (χ0v) is 26.8. The molecule has 2 saturated carbocycles. The number of benzene rings is 1. The summed E-state index contributed by atoms with van der Waals surface area (Å²) in [5, 5.41) is 19.4. The average Bonchev–Trinajstić information content (AvgIpc) is 3.79. The second-order valence-electron chi connectivity index (χ2n) is 13.7.